The number of aryl methyl sites for hydroxylation is 2. The Morgan fingerprint density at radius 2 is 1.80 bits per heavy atom. The highest BCUT2D eigenvalue weighted by molar-refractivity contribution is 6.62. The van der Waals surface area contributed by atoms with Crippen LogP contribution in [0.1, 0.15) is 22.3 Å². The molecule has 0 atom stereocenters. The number of fused-ring (bicyclic) bond motifs is 1. The molecule has 20 heavy (non-hydrogen) atoms. The molecule has 2 aromatic carbocycles. The van der Waals surface area contributed by atoms with E-state index in [1.807, 2.05) is 32.0 Å². The SMILES string of the molecule is Cc1cc(Oc2ccc3c(c2)BC=C3)cc(C)c1C#N. The van der Waals surface area contributed by atoms with Gasteiger partial charge in [0.15, 0.2) is 7.28 Å². The fourth-order valence-electron chi connectivity index (χ4n) is 2.59. The van der Waals surface area contributed by atoms with Crippen LogP contribution >= 0.6 is 0 Å². The first-order chi connectivity index (χ1) is 9.67. The van der Waals surface area contributed by atoms with Gasteiger partial charge in [0.25, 0.3) is 0 Å². The summed E-state index contributed by atoms with van der Waals surface area (Å²) in [6.07, 6.45) is 2.13. The molecule has 0 saturated heterocycles. The zero-order chi connectivity index (χ0) is 14.1. The standard InChI is InChI=1S/C17H14BNO/c1-11-7-15(8-12(2)16(11)10-19)20-14-4-3-13-5-6-18-17(13)9-14/h3-9,18H,1-2H3. The molecule has 0 fully saturated rings. The lowest BCUT2D eigenvalue weighted by molar-refractivity contribution is 0.482. The van der Waals surface area contributed by atoms with Gasteiger partial charge in [-0.05, 0) is 54.8 Å². The molecule has 2 aromatic rings. The van der Waals surface area contributed by atoms with Crippen molar-refractivity contribution in [1.82, 2.24) is 0 Å². The van der Waals surface area contributed by atoms with Crippen molar-refractivity contribution in [2.75, 3.05) is 0 Å². The average Bonchev–Trinajstić information content (AvgIpc) is 2.85. The van der Waals surface area contributed by atoms with Gasteiger partial charge in [-0.2, -0.15) is 5.26 Å². The van der Waals surface area contributed by atoms with Gasteiger partial charge < -0.3 is 4.74 Å². The van der Waals surface area contributed by atoms with Gasteiger partial charge in [0.2, 0.25) is 0 Å². The fourth-order valence-corrected chi connectivity index (χ4v) is 2.59. The molecular formula is C17H14BNO. The molecule has 1 aliphatic heterocycles. The number of hydrogen-bond acceptors (Lipinski definition) is 2. The Morgan fingerprint density at radius 3 is 2.50 bits per heavy atom. The minimum absolute atomic E-state index is 0.732. The van der Waals surface area contributed by atoms with E-state index in [4.69, 9.17) is 10.00 Å². The van der Waals surface area contributed by atoms with E-state index in [1.165, 1.54) is 11.0 Å². The zero-order valence-corrected chi connectivity index (χ0v) is 11.6. The van der Waals surface area contributed by atoms with Gasteiger partial charge >= 0.3 is 0 Å². The van der Waals surface area contributed by atoms with E-state index in [-0.39, 0.29) is 0 Å². The maximum absolute atomic E-state index is 9.09. The zero-order valence-electron chi connectivity index (χ0n) is 11.6. The second-order valence-corrected chi connectivity index (χ2v) is 5.11. The highest BCUT2D eigenvalue weighted by Crippen LogP contribution is 2.26. The molecule has 0 amide bonds. The van der Waals surface area contributed by atoms with Crippen molar-refractivity contribution in [1.29, 1.82) is 5.26 Å². The third kappa shape index (κ3) is 2.21. The van der Waals surface area contributed by atoms with Crippen LogP contribution in [0.25, 0.3) is 6.08 Å². The molecule has 0 spiro atoms. The predicted molar refractivity (Wildman–Crippen MR) is 83.0 cm³/mol. The van der Waals surface area contributed by atoms with Gasteiger partial charge in [-0.3, -0.25) is 0 Å². The summed E-state index contributed by atoms with van der Waals surface area (Å²) in [6, 6.07) is 12.2. The van der Waals surface area contributed by atoms with Gasteiger partial charge in [0.1, 0.15) is 11.5 Å². The molecule has 2 nitrogen and oxygen atoms in total. The van der Waals surface area contributed by atoms with Crippen molar-refractivity contribution in [3.63, 3.8) is 0 Å². The molecule has 0 bridgehead atoms. The predicted octanol–water partition coefficient (Wildman–Crippen LogP) is 3.01. The third-order valence-electron chi connectivity index (χ3n) is 3.60. The summed E-state index contributed by atoms with van der Waals surface area (Å²) in [6.45, 7) is 3.87. The molecule has 0 saturated carbocycles. The summed E-state index contributed by atoms with van der Waals surface area (Å²) >= 11 is 0. The normalized spacial score (nSPS) is 11.7. The first-order valence-electron chi connectivity index (χ1n) is 6.66. The van der Waals surface area contributed by atoms with Crippen molar-refractivity contribution in [3.05, 3.63) is 58.6 Å². The summed E-state index contributed by atoms with van der Waals surface area (Å²) in [4.78, 5) is 0. The second kappa shape index (κ2) is 4.90. The quantitative estimate of drug-likeness (QED) is 0.776. The van der Waals surface area contributed by atoms with Crippen molar-refractivity contribution < 1.29 is 4.74 Å². The Morgan fingerprint density at radius 1 is 1.05 bits per heavy atom. The van der Waals surface area contributed by atoms with Gasteiger partial charge in [-0.1, -0.05) is 17.6 Å². The van der Waals surface area contributed by atoms with Gasteiger partial charge in [0.05, 0.1) is 11.6 Å². The Bertz CT molecular complexity index is 733. The highest BCUT2D eigenvalue weighted by Gasteiger charge is 2.09. The molecule has 1 heterocycles. The van der Waals surface area contributed by atoms with Crippen molar-refractivity contribution in [3.8, 4) is 17.6 Å². The minimum atomic E-state index is 0.732. The second-order valence-electron chi connectivity index (χ2n) is 5.11. The minimum Gasteiger partial charge on any atom is -0.457 e. The van der Waals surface area contributed by atoms with Crippen LogP contribution < -0.4 is 10.2 Å². The number of hydrogen-bond donors (Lipinski definition) is 0. The molecule has 3 heteroatoms. The smallest absolute Gasteiger partial charge is 0.183 e. The average molecular weight is 259 g/mol. The first kappa shape index (κ1) is 12.6. The van der Waals surface area contributed by atoms with Crippen LogP contribution in [0.5, 0.6) is 11.5 Å². The van der Waals surface area contributed by atoms with Crippen molar-refractivity contribution in [2.24, 2.45) is 0 Å². The fraction of sp³-hybridized carbons (Fsp3) is 0.118. The van der Waals surface area contributed by atoms with Crippen molar-refractivity contribution in [2.45, 2.75) is 13.8 Å². The third-order valence-corrected chi connectivity index (χ3v) is 3.60. The lowest BCUT2D eigenvalue weighted by Gasteiger charge is -2.10. The number of benzene rings is 2. The van der Waals surface area contributed by atoms with Gasteiger partial charge in [0, 0.05) is 0 Å². The van der Waals surface area contributed by atoms with E-state index in [0.29, 0.717) is 0 Å². The molecule has 0 unspecified atom stereocenters. The number of ether oxygens (including phenoxy) is 1. The maximum Gasteiger partial charge on any atom is 0.183 e. The molecular weight excluding hydrogens is 245 g/mol. The summed E-state index contributed by atoms with van der Waals surface area (Å²) in [5.74, 6) is 3.78. The van der Waals surface area contributed by atoms with Crippen LogP contribution in [0.4, 0.5) is 0 Å². The summed E-state index contributed by atoms with van der Waals surface area (Å²) in [7, 11) is 0.970. The molecule has 1 aliphatic rings. The van der Waals surface area contributed by atoms with E-state index in [9.17, 15) is 0 Å². The summed E-state index contributed by atoms with van der Waals surface area (Å²) in [5, 5.41) is 9.09. The lowest BCUT2D eigenvalue weighted by Crippen LogP contribution is -2.10. The monoisotopic (exact) mass is 259 g/mol. The van der Waals surface area contributed by atoms with Crippen LogP contribution in [0, 0.1) is 25.2 Å². The molecule has 96 valence electrons. The highest BCUT2D eigenvalue weighted by atomic mass is 16.5. The van der Waals surface area contributed by atoms with Gasteiger partial charge in [-0.25, -0.2) is 0 Å². The maximum atomic E-state index is 9.09. The van der Waals surface area contributed by atoms with Crippen LogP contribution in [-0.2, 0) is 0 Å². The van der Waals surface area contributed by atoms with E-state index < -0.39 is 0 Å². The van der Waals surface area contributed by atoms with E-state index >= 15 is 0 Å². The molecule has 0 radical (unpaired) electrons. The Balaban J connectivity index is 1.91. The number of rotatable bonds is 2. The number of nitrogens with zero attached hydrogens (tertiary/aromatic N) is 1. The topological polar surface area (TPSA) is 33.0 Å². The summed E-state index contributed by atoms with van der Waals surface area (Å²) < 4.78 is 5.93. The van der Waals surface area contributed by atoms with E-state index in [1.54, 1.807) is 0 Å². The Kier molecular flexibility index (Phi) is 3.08. The summed E-state index contributed by atoms with van der Waals surface area (Å²) in [5.41, 5.74) is 5.19. The van der Waals surface area contributed by atoms with Gasteiger partial charge in [-0.15, -0.1) is 5.98 Å². The van der Waals surface area contributed by atoms with Crippen LogP contribution in [-0.4, -0.2) is 7.28 Å². The van der Waals surface area contributed by atoms with Crippen LogP contribution in [0.3, 0.4) is 0 Å². The first-order valence-corrected chi connectivity index (χ1v) is 6.66. The lowest BCUT2D eigenvalue weighted by atomic mass is 9.73. The largest absolute Gasteiger partial charge is 0.457 e. The molecule has 0 N–H and O–H groups in total. The Labute approximate surface area is 119 Å². The molecule has 3 rings (SSSR count). The van der Waals surface area contributed by atoms with E-state index in [0.717, 1.165) is 35.5 Å². The molecule has 0 aliphatic carbocycles. The van der Waals surface area contributed by atoms with Crippen LogP contribution in [0.2, 0.25) is 0 Å². The van der Waals surface area contributed by atoms with E-state index in [2.05, 4.69) is 30.3 Å². The van der Waals surface area contributed by atoms with Crippen LogP contribution in [0.15, 0.2) is 36.3 Å². The number of nitriles is 1. The molecule has 0 aromatic heterocycles. The van der Waals surface area contributed by atoms with Crippen molar-refractivity contribution >= 4 is 18.8 Å². The Hall–Kier alpha value is -2.47.